The molecular weight excluding hydrogens is 180 g/mol. The van der Waals surface area contributed by atoms with Gasteiger partial charge in [0.25, 0.3) is 4.83 Å². The van der Waals surface area contributed by atoms with Crippen molar-refractivity contribution in [2.24, 2.45) is 7.05 Å². The van der Waals surface area contributed by atoms with E-state index >= 15 is 0 Å². The van der Waals surface area contributed by atoms with E-state index in [1.54, 1.807) is 11.3 Å². The minimum Gasteiger partial charge on any atom is -0.305 e. The molecule has 0 saturated heterocycles. The Bertz CT molecular complexity index is 577. The predicted octanol–water partition coefficient (Wildman–Crippen LogP) is 1.98. The summed E-state index contributed by atoms with van der Waals surface area (Å²) in [6.07, 6.45) is 4.25. The molecule has 0 radical (unpaired) electrons. The lowest BCUT2D eigenvalue weighted by molar-refractivity contribution is -0.641. The SMILES string of the molecule is C[n+]1cc2cccn2c2ccsc21. The first-order valence-electron chi connectivity index (χ1n) is 4.19. The van der Waals surface area contributed by atoms with Crippen LogP contribution in [0.3, 0.4) is 0 Å². The van der Waals surface area contributed by atoms with Crippen LogP contribution in [-0.2, 0) is 7.05 Å². The molecule has 0 saturated carbocycles. The summed E-state index contributed by atoms with van der Waals surface area (Å²) in [7, 11) is 2.09. The fraction of sp³-hybridized carbons (Fsp3) is 0.100. The molecule has 2 nitrogen and oxygen atoms in total. The predicted molar refractivity (Wildman–Crippen MR) is 54.0 cm³/mol. The quantitative estimate of drug-likeness (QED) is 0.478. The maximum Gasteiger partial charge on any atom is 0.285 e. The van der Waals surface area contributed by atoms with E-state index in [1.807, 2.05) is 0 Å². The van der Waals surface area contributed by atoms with Gasteiger partial charge in [0, 0.05) is 6.20 Å². The average Bonchev–Trinajstić information content (AvgIpc) is 2.66. The summed E-state index contributed by atoms with van der Waals surface area (Å²) < 4.78 is 4.39. The zero-order valence-corrected chi connectivity index (χ0v) is 8.08. The molecule has 0 fully saturated rings. The number of fused-ring (bicyclic) bond motifs is 3. The highest BCUT2D eigenvalue weighted by Gasteiger charge is 2.09. The van der Waals surface area contributed by atoms with E-state index in [2.05, 4.69) is 52.0 Å². The molecule has 3 aromatic rings. The van der Waals surface area contributed by atoms with Crippen molar-refractivity contribution in [3.63, 3.8) is 0 Å². The first kappa shape index (κ1) is 7.09. The van der Waals surface area contributed by atoms with Crippen molar-refractivity contribution in [1.82, 2.24) is 4.40 Å². The Morgan fingerprint density at radius 1 is 1.38 bits per heavy atom. The normalized spacial score (nSPS) is 11.5. The average molecular weight is 189 g/mol. The van der Waals surface area contributed by atoms with E-state index in [4.69, 9.17) is 0 Å². The molecular formula is C10H9N2S+. The molecule has 13 heavy (non-hydrogen) atoms. The van der Waals surface area contributed by atoms with E-state index in [1.165, 1.54) is 15.9 Å². The van der Waals surface area contributed by atoms with Crippen molar-refractivity contribution in [1.29, 1.82) is 0 Å². The molecule has 0 bridgehead atoms. The number of thiophene rings is 1. The van der Waals surface area contributed by atoms with Gasteiger partial charge in [0.05, 0.1) is 0 Å². The number of hydrogen-bond acceptors (Lipinski definition) is 1. The van der Waals surface area contributed by atoms with Crippen molar-refractivity contribution < 1.29 is 4.57 Å². The largest absolute Gasteiger partial charge is 0.305 e. The topological polar surface area (TPSA) is 8.29 Å². The van der Waals surface area contributed by atoms with E-state index in [-0.39, 0.29) is 0 Å². The van der Waals surface area contributed by atoms with Gasteiger partial charge in [0.1, 0.15) is 18.1 Å². The van der Waals surface area contributed by atoms with Crippen molar-refractivity contribution in [3.05, 3.63) is 36.0 Å². The maximum atomic E-state index is 2.21. The first-order valence-corrected chi connectivity index (χ1v) is 5.07. The van der Waals surface area contributed by atoms with Crippen LogP contribution in [0.5, 0.6) is 0 Å². The van der Waals surface area contributed by atoms with Gasteiger partial charge in [-0.15, -0.1) is 0 Å². The van der Waals surface area contributed by atoms with Gasteiger partial charge in [-0.25, -0.2) is 0 Å². The number of nitrogens with zero attached hydrogens (tertiary/aromatic N) is 2. The lowest BCUT2D eigenvalue weighted by Gasteiger charge is -1.95. The minimum absolute atomic E-state index is 1.24. The summed E-state index contributed by atoms with van der Waals surface area (Å²) in [5.41, 5.74) is 2.53. The van der Waals surface area contributed by atoms with Crippen LogP contribution in [0.25, 0.3) is 15.9 Å². The van der Waals surface area contributed by atoms with Crippen LogP contribution in [0.2, 0.25) is 0 Å². The fourth-order valence-corrected chi connectivity index (χ4v) is 2.55. The first-order chi connectivity index (χ1) is 6.36. The van der Waals surface area contributed by atoms with Gasteiger partial charge < -0.3 is 4.40 Å². The molecule has 3 rings (SSSR count). The standard InChI is InChI=1S/C10H9N2S/c1-11-7-8-3-2-5-12(8)9-4-6-13-10(9)11/h2-7H,1H3/q+1. The highest BCUT2D eigenvalue weighted by Crippen LogP contribution is 2.18. The second-order valence-corrected chi connectivity index (χ2v) is 4.05. The molecule has 0 N–H and O–H groups in total. The lowest BCUT2D eigenvalue weighted by atomic mass is 10.4. The summed E-state index contributed by atoms with van der Waals surface area (Å²) in [5.74, 6) is 0. The zero-order valence-electron chi connectivity index (χ0n) is 7.27. The van der Waals surface area contributed by atoms with Crippen molar-refractivity contribution in [2.45, 2.75) is 0 Å². The highest BCUT2D eigenvalue weighted by molar-refractivity contribution is 7.16. The molecule has 0 unspecified atom stereocenters. The van der Waals surface area contributed by atoms with Gasteiger partial charge in [-0.05, 0) is 23.6 Å². The number of rotatable bonds is 0. The van der Waals surface area contributed by atoms with Gasteiger partial charge in [0.15, 0.2) is 6.20 Å². The summed E-state index contributed by atoms with van der Waals surface area (Å²) >= 11 is 1.77. The van der Waals surface area contributed by atoms with Crippen LogP contribution in [0.4, 0.5) is 0 Å². The summed E-state index contributed by atoms with van der Waals surface area (Å²) in [6, 6.07) is 6.36. The van der Waals surface area contributed by atoms with Crippen molar-refractivity contribution in [3.8, 4) is 0 Å². The van der Waals surface area contributed by atoms with E-state index in [0.29, 0.717) is 0 Å². The van der Waals surface area contributed by atoms with Gasteiger partial charge >= 0.3 is 0 Å². The second kappa shape index (κ2) is 2.33. The van der Waals surface area contributed by atoms with Crippen LogP contribution >= 0.6 is 11.3 Å². The van der Waals surface area contributed by atoms with E-state index in [9.17, 15) is 0 Å². The third kappa shape index (κ3) is 0.848. The third-order valence-electron chi connectivity index (χ3n) is 2.31. The van der Waals surface area contributed by atoms with Gasteiger partial charge in [0.2, 0.25) is 0 Å². The Morgan fingerprint density at radius 2 is 2.31 bits per heavy atom. The van der Waals surface area contributed by atoms with Crippen molar-refractivity contribution >= 4 is 27.2 Å². The van der Waals surface area contributed by atoms with Crippen LogP contribution in [0.15, 0.2) is 36.0 Å². The van der Waals surface area contributed by atoms with Crippen LogP contribution in [-0.4, -0.2) is 4.40 Å². The fourth-order valence-electron chi connectivity index (χ4n) is 1.72. The molecule has 0 aliphatic carbocycles. The van der Waals surface area contributed by atoms with Crippen LogP contribution in [0.1, 0.15) is 0 Å². The molecule has 3 heterocycles. The Labute approximate surface area is 79.7 Å². The van der Waals surface area contributed by atoms with E-state index < -0.39 is 0 Å². The zero-order chi connectivity index (χ0) is 8.84. The number of aryl methyl sites for hydroxylation is 1. The Morgan fingerprint density at radius 3 is 3.23 bits per heavy atom. The Kier molecular flexibility index (Phi) is 1.27. The molecule has 0 spiro atoms. The molecule has 3 aromatic heterocycles. The third-order valence-corrected chi connectivity index (χ3v) is 3.30. The minimum atomic E-state index is 1.24. The summed E-state index contributed by atoms with van der Waals surface area (Å²) in [5, 5.41) is 2.13. The molecule has 0 aliphatic heterocycles. The molecule has 3 heteroatoms. The Balaban J connectivity index is 2.70. The monoisotopic (exact) mass is 189 g/mol. The van der Waals surface area contributed by atoms with Gasteiger partial charge in [-0.2, -0.15) is 4.57 Å². The van der Waals surface area contributed by atoms with Gasteiger partial charge in [-0.1, -0.05) is 11.3 Å². The number of aromatic nitrogens is 2. The maximum absolute atomic E-state index is 2.21. The number of hydrogen-bond donors (Lipinski definition) is 0. The molecule has 0 aliphatic rings. The van der Waals surface area contributed by atoms with Crippen molar-refractivity contribution in [2.75, 3.05) is 0 Å². The second-order valence-electron chi connectivity index (χ2n) is 3.15. The lowest BCUT2D eigenvalue weighted by Crippen LogP contribution is -2.27. The van der Waals surface area contributed by atoms with E-state index in [0.717, 1.165) is 0 Å². The highest BCUT2D eigenvalue weighted by atomic mass is 32.1. The molecule has 0 atom stereocenters. The molecule has 64 valence electrons. The van der Waals surface area contributed by atoms with Crippen LogP contribution < -0.4 is 4.57 Å². The summed E-state index contributed by atoms with van der Waals surface area (Å²) in [6.45, 7) is 0. The van der Waals surface area contributed by atoms with Crippen LogP contribution in [0, 0.1) is 0 Å². The Hall–Kier alpha value is -1.35. The molecule has 0 aromatic carbocycles. The summed E-state index contributed by atoms with van der Waals surface area (Å²) in [4.78, 5) is 1.31. The smallest absolute Gasteiger partial charge is 0.285 e. The van der Waals surface area contributed by atoms with Gasteiger partial charge in [-0.3, -0.25) is 0 Å². The molecule has 0 amide bonds.